The van der Waals surface area contributed by atoms with Crippen LogP contribution in [0.4, 0.5) is 21.6 Å². The van der Waals surface area contributed by atoms with E-state index in [9.17, 15) is 0 Å². The van der Waals surface area contributed by atoms with Crippen molar-refractivity contribution in [1.82, 2.24) is 52.6 Å². The van der Waals surface area contributed by atoms with Crippen LogP contribution < -0.4 is 10.6 Å². The Morgan fingerprint density at radius 1 is 0.746 bits per heavy atom. The molecule has 3 N–H and O–H groups in total. The molecule has 0 saturated carbocycles. The van der Waals surface area contributed by atoms with Crippen molar-refractivity contribution in [3.63, 3.8) is 0 Å². The highest BCUT2D eigenvalue weighted by atomic mass is 32.1. The van der Waals surface area contributed by atoms with Crippen molar-refractivity contribution in [3.8, 4) is 22.5 Å². The Bertz CT molecular complexity index is 2460. The van der Waals surface area contributed by atoms with Crippen molar-refractivity contribution in [2.24, 2.45) is 0 Å². The van der Waals surface area contributed by atoms with E-state index in [1.165, 1.54) is 48.7 Å². The second-order valence-corrected chi connectivity index (χ2v) is 15.7. The summed E-state index contributed by atoms with van der Waals surface area (Å²) in [6, 6.07) is 7.75. The van der Waals surface area contributed by atoms with Crippen LogP contribution in [0.2, 0.25) is 0 Å². The third kappa shape index (κ3) is 9.87. The van der Waals surface area contributed by atoms with Gasteiger partial charge in [0.05, 0.1) is 59.4 Å². The lowest BCUT2D eigenvalue weighted by Gasteiger charge is -2.19. The van der Waals surface area contributed by atoms with E-state index in [4.69, 9.17) is 9.11 Å². The van der Waals surface area contributed by atoms with Crippen molar-refractivity contribution < 1.29 is 4.74 Å². The molecule has 8 aromatic rings. The van der Waals surface area contributed by atoms with Crippen LogP contribution in [0.1, 0.15) is 90.0 Å². The van der Waals surface area contributed by atoms with Gasteiger partial charge in [-0.15, -0.1) is 0 Å². The molecule has 0 atom stereocenters. The molecule has 0 spiro atoms. The van der Waals surface area contributed by atoms with Crippen LogP contribution in [0.5, 0.6) is 0 Å². The number of fused-ring (bicyclic) bond motifs is 4. The number of nitrogens with one attached hydrogen (secondary N) is 3. The lowest BCUT2D eigenvalue weighted by Crippen LogP contribution is -2.27. The minimum Gasteiger partial charge on any atom is -0.378 e. The summed E-state index contributed by atoms with van der Waals surface area (Å²) in [7, 11) is 1.66. The highest BCUT2D eigenvalue weighted by molar-refractivity contribution is 7.10. The molecule has 0 radical (unpaired) electrons. The number of thiophene rings is 1. The molecule has 0 aliphatic carbocycles. The smallest absolute Gasteiger partial charge is 0.180 e. The van der Waals surface area contributed by atoms with E-state index in [2.05, 4.69) is 81.7 Å². The van der Waals surface area contributed by atoms with Crippen LogP contribution in [0.3, 0.4) is 0 Å². The topological polar surface area (TPSA) is 151 Å². The molecule has 8 aromatic heterocycles. The minimum absolute atomic E-state index is 0.501. The number of aryl methyl sites for hydroxylation is 2. The first kappa shape index (κ1) is 43.5. The van der Waals surface area contributed by atoms with E-state index < -0.39 is 0 Å². The number of aromatic nitrogens is 10. The van der Waals surface area contributed by atoms with Crippen LogP contribution >= 0.6 is 34.4 Å². The van der Waals surface area contributed by atoms with Gasteiger partial charge in [-0.1, -0.05) is 41.5 Å². The van der Waals surface area contributed by atoms with Gasteiger partial charge in [0.25, 0.3) is 0 Å². The van der Waals surface area contributed by atoms with E-state index in [1.54, 1.807) is 24.6 Å². The molecule has 312 valence electrons. The molecule has 2 aliphatic rings. The maximum absolute atomic E-state index is 5.11. The molecule has 2 aliphatic heterocycles. The Hall–Kier alpha value is -5.07. The fourth-order valence-corrected chi connectivity index (χ4v) is 9.30. The average Bonchev–Trinajstić information content (AvgIpc) is 4.11. The van der Waals surface area contributed by atoms with Crippen molar-refractivity contribution in [3.05, 3.63) is 88.9 Å². The molecule has 17 heteroatoms. The maximum atomic E-state index is 5.11. The number of anilines is 4. The number of hydrogen-bond donors (Lipinski definition) is 3. The van der Waals surface area contributed by atoms with Gasteiger partial charge in [0.15, 0.2) is 22.9 Å². The third-order valence-electron chi connectivity index (χ3n) is 9.68. The van der Waals surface area contributed by atoms with Gasteiger partial charge in [-0.25, -0.2) is 19.9 Å². The van der Waals surface area contributed by atoms with Gasteiger partial charge in [0, 0.05) is 60.8 Å². The van der Waals surface area contributed by atoms with E-state index in [0.29, 0.717) is 6.61 Å². The fraction of sp³-hybridized carbons (Fsp3) is 0.405. The lowest BCUT2D eigenvalue weighted by molar-refractivity contribution is 0.182. The summed E-state index contributed by atoms with van der Waals surface area (Å²) in [5, 5.41) is 19.8. The van der Waals surface area contributed by atoms with Gasteiger partial charge >= 0.3 is 0 Å². The molecule has 2 bridgehead atoms. The largest absolute Gasteiger partial charge is 0.378 e. The normalized spacial score (nSPS) is 15.4. The monoisotopic (exact) mass is 853 g/mol. The summed E-state index contributed by atoms with van der Waals surface area (Å²) in [5.41, 5.74) is 9.66. The van der Waals surface area contributed by atoms with E-state index in [-0.39, 0.29) is 0 Å². The summed E-state index contributed by atoms with van der Waals surface area (Å²) in [4.78, 5) is 21.1. The van der Waals surface area contributed by atoms with E-state index in [1.807, 2.05) is 92.4 Å². The highest BCUT2D eigenvalue weighted by Gasteiger charge is 2.39. The second-order valence-electron chi connectivity index (χ2n) is 13.3. The number of methoxy groups -OCH3 is 1. The van der Waals surface area contributed by atoms with Gasteiger partial charge < -0.3 is 15.4 Å². The Morgan fingerprint density at radius 2 is 1.29 bits per heavy atom. The van der Waals surface area contributed by atoms with Crippen LogP contribution in [-0.2, 0) is 17.9 Å². The Kier molecular flexibility index (Phi) is 15.3. The van der Waals surface area contributed by atoms with Gasteiger partial charge in [0.1, 0.15) is 10.0 Å². The number of rotatable bonds is 10. The molecule has 10 heterocycles. The number of aromatic amines is 1. The number of imidazole rings is 2. The van der Waals surface area contributed by atoms with Crippen molar-refractivity contribution >= 4 is 67.3 Å². The zero-order valence-corrected chi connectivity index (χ0v) is 37.8. The molecule has 0 aromatic carbocycles. The van der Waals surface area contributed by atoms with Gasteiger partial charge in [0.2, 0.25) is 0 Å². The zero-order valence-electron chi connectivity index (χ0n) is 35.4. The van der Waals surface area contributed by atoms with Gasteiger partial charge in [-0.05, 0) is 86.2 Å². The number of H-pyrrole nitrogens is 1. The molecule has 0 amide bonds. The first-order valence-corrected chi connectivity index (χ1v) is 22.9. The summed E-state index contributed by atoms with van der Waals surface area (Å²) >= 11 is 4.55. The van der Waals surface area contributed by atoms with Crippen LogP contribution in [-0.4, -0.2) is 71.8 Å². The molecular weight excluding hydrogens is 799 g/mol. The van der Waals surface area contributed by atoms with Crippen LogP contribution in [0, 0.1) is 13.8 Å². The standard InChI is InChI=1S/C20H22N8S.C16H15N5OS2.3C2H6/c1-12-10-28-17(13-7-22-23-8-13)9-21-20(28)19(24-12)25-18-6-14(26-29-18)11-27-15-2-3-16(27)5-4-15;1-10-7-21-13(11-3-4-23-9-11)6-17-16(21)15(18-10)19-14-5-12(8-22-2)20-24-14;3*1-2/h6-10,15-16H,2-5,11H2,1H3,(H,22,23)(H,24,25);3-7,9H,8H2,1-2H3,(H,18,19);3*1-2H3. The molecule has 14 nitrogen and oxygen atoms in total. The van der Waals surface area contributed by atoms with Crippen molar-refractivity contribution in [1.29, 1.82) is 0 Å². The predicted octanol–water partition coefficient (Wildman–Crippen LogP) is 10.9. The van der Waals surface area contributed by atoms with Gasteiger partial charge in [-0.2, -0.15) is 25.2 Å². The summed E-state index contributed by atoms with van der Waals surface area (Å²) in [5.74, 6) is 1.47. The third-order valence-corrected chi connectivity index (χ3v) is 11.8. The van der Waals surface area contributed by atoms with E-state index >= 15 is 0 Å². The lowest BCUT2D eigenvalue weighted by atomic mass is 10.0. The van der Waals surface area contributed by atoms with Crippen molar-refractivity contribution in [2.75, 3.05) is 17.7 Å². The molecular formula is C42H55N13OS3. The van der Waals surface area contributed by atoms with Gasteiger partial charge in [-0.3, -0.25) is 18.8 Å². The minimum atomic E-state index is 0.501. The average molecular weight is 854 g/mol. The number of nitrogens with zero attached hydrogens (tertiary/aromatic N) is 10. The van der Waals surface area contributed by atoms with E-state index in [0.717, 1.165) is 96.9 Å². The van der Waals surface area contributed by atoms with Crippen LogP contribution in [0.25, 0.3) is 33.8 Å². The molecule has 2 fully saturated rings. The maximum Gasteiger partial charge on any atom is 0.180 e. The number of ether oxygens (including phenoxy) is 1. The quantitative estimate of drug-likeness (QED) is 0.121. The summed E-state index contributed by atoms with van der Waals surface area (Å²) in [6.45, 7) is 17.4. The highest BCUT2D eigenvalue weighted by Crippen LogP contribution is 2.39. The first-order valence-electron chi connectivity index (χ1n) is 20.4. The number of hydrogen-bond acceptors (Lipinski definition) is 14. The molecule has 2 saturated heterocycles. The molecule has 59 heavy (non-hydrogen) atoms. The zero-order chi connectivity index (χ0) is 41.9. The SMILES string of the molecule is CC.CC.CC.COCc1cc(Nc2nc(C)cn3c(-c4ccsc4)cnc23)sn1.Cc1cn2c(-c3cn[nH]c3)cnc2c(Nc2cc(CN3C4CCC3CC4)ns2)n1. The molecule has 0 unspecified atom stereocenters. The Balaban J connectivity index is 0.000000179. The molecule has 10 rings (SSSR count). The Labute approximate surface area is 358 Å². The first-order chi connectivity index (χ1) is 29.0. The summed E-state index contributed by atoms with van der Waals surface area (Å²) < 4.78 is 18.3. The fourth-order valence-electron chi connectivity index (χ4n) is 7.34. The summed E-state index contributed by atoms with van der Waals surface area (Å²) in [6.07, 6.45) is 16.8. The van der Waals surface area contributed by atoms with Crippen LogP contribution in [0.15, 0.2) is 66.1 Å². The second kappa shape index (κ2) is 20.8. The Morgan fingerprint density at radius 3 is 1.80 bits per heavy atom. The predicted molar refractivity (Wildman–Crippen MR) is 243 cm³/mol. The van der Waals surface area contributed by atoms with Crippen molar-refractivity contribution in [2.45, 2.75) is 106 Å².